The normalized spacial score (nSPS) is 22.9. The highest BCUT2D eigenvalue weighted by Crippen LogP contribution is 2.42. The second-order valence-electron chi connectivity index (χ2n) is 5.68. The van der Waals surface area contributed by atoms with Crippen molar-refractivity contribution in [2.24, 2.45) is 0 Å². The Morgan fingerprint density at radius 2 is 2.10 bits per heavy atom. The van der Waals surface area contributed by atoms with E-state index >= 15 is 0 Å². The van der Waals surface area contributed by atoms with Crippen LogP contribution in [0.5, 0.6) is 5.75 Å². The second kappa shape index (κ2) is 6.02. The van der Waals surface area contributed by atoms with Crippen LogP contribution in [-0.2, 0) is 0 Å². The van der Waals surface area contributed by atoms with Gasteiger partial charge < -0.3 is 19.9 Å². The minimum Gasteiger partial charge on any atom is -0.496 e. The fourth-order valence-corrected chi connectivity index (χ4v) is 3.51. The zero-order chi connectivity index (χ0) is 13.9. The highest BCUT2D eigenvalue weighted by molar-refractivity contribution is 5.65. The van der Waals surface area contributed by atoms with Crippen LogP contribution in [0.15, 0.2) is 18.2 Å². The lowest BCUT2D eigenvalue weighted by Gasteiger charge is -2.30. The van der Waals surface area contributed by atoms with Crippen LogP contribution in [0.3, 0.4) is 0 Å². The Kier molecular flexibility index (Phi) is 4.13. The molecule has 0 amide bonds. The molecule has 4 nitrogen and oxygen atoms in total. The molecule has 1 aromatic rings. The third-order valence-electron chi connectivity index (χ3n) is 4.52. The van der Waals surface area contributed by atoms with E-state index in [1.54, 1.807) is 7.11 Å². The fourth-order valence-electron chi connectivity index (χ4n) is 3.51. The maximum atomic E-state index is 5.61. The Balaban J connectivity index is 1.83. The third-order valence-corrected chi connectivity index (χ3v) is 4.52. The van der Waals surface area contributed by atoms with Crippen LogP contribution in [-0.4, -0.2) is 57.8 Å². The van der Waals surface area contributed by atoms with E-state index in [0.29, 0.717) is 5.92 Å². The molecule has 0 aliphatic carbocycles. The molecule has 0 bridgehead atoms. The number of fused-ring (bicyclic) bond motifs is 1. The topological polar surface area (TPSA) is 27.7 Å². The van der Waals surface area contributed by atoms with Crippen LogP contribution in [0.1, 0.15) is 18.4 Å². The zero-order valence-corrected chi connectivity index (χ0v) is 12.6. The number of hydrogen-bond acceptors (Lipinski definition) is 4. The molecule has 0 radical (unpaired) electrons. The number of nitrogens with zero attached hydrogens (tertiary/aromatic N) is 2. The summed E-state index contributed by atoms with van der Waals surface area (Å²) in [4.78, 5) is 5.06. The van der Waals surface area contributed by atoms with Crippen LogP contribution in [0.2, 0.25) is 0 Å². The van der Waals surface area contributed by atoms with Gasteiger partial charge in [-0.3, -0.25) is 0 Å². The predicted octanol–water partition coefficient (Wildman–Crippen LogP) is 1.52. The molecule has 2 aliphatic heterocycles. The lowest BCUT2D eigenvalue weighted by atomic mass is 9.99. The molecule has 20 heavy (non-hydrogen) atoms. The van der Waals surface area contributed by atoms with Crippen molar-refractivity contribution in [2.75, 3.05) is 57.8 Å². The number of methoxy groups -OCH3 is 1. The van der Waals surface area contributed by atoms with Crippen molar-refractivity contribution in [3.8, 4) is 5.75 Å². The van der Waals surface area contributed by atoms with E-state index in [4.69, 9.17) is 4.74 Å². The van der Waals surface area contributed by atoms with Gasteiger partial charge >= 0.3 is 0 Å². The van der Waals surface area contributed by atoms with Gasteiger partial charge in [0, 0.05) is 63.0 Å². The first kappa shape index (κ1) is 13.7. The fraction of sp³-hybridized carbons (Fsp3) is 0.625. The van der Waals surface area contributed by atoms with Crippen molar-refractivity contribution in [1.29, 1.82) is 0 Å². The Bertz CT molecular complexity index is 457. The molecule has 2 heterocycles. The minimum atomic E-state index is 0.569. The van der Waals surface area contributed by atoms with Crippen LogP contribution in [0, 0.1) is 0 Å². The lowest BCUT2D eigenvalue weighted by Crippen LogP contribution is -2.45. The van der Waals surface area contributed by atoms with Crippen molar-refractivity contribution in [3.63, 3.8) is 0 Å². The molecule has 1 fully saturated rings. The Hall–Kier alpha value is -1.26. The number of likely N-dealkylation sites (N-methyl/N-ethyl adjacent to an activating group) is 1. The maximum Gasteiger partial charge on any atom is 0.124 e. The van der Waals surface area contributed by atoms with Gasteiger partial charge in [0.2, 0.25) is 0 Å². The molecule has 1 saturated heterocycles. The molecule has 3 rings (SSSR count). The van der Waals surface area contributed by atoms with Crippen molar-refractivity contribution >= 4 is 5.69 Å². The highest BCUT2D eigenvalue weighted by Gasteiger charge is 2.32. The van der Waals surface area contributed by atoms with Gasteiger partial charge in [0.05, 0.1) is 7.11 Å². The monoisotopic (exact) mass is 275 g/mol. The smallest absolute Gasteiger partial charge is 0.124 e. The number of nitrogens with one attached hydrogen (secondary N) is 1. The van der Waals surface area contributed by atoms with E-state index in [-0.39, 0.29) is 0 Å². The number of rotatable bonds is 4. The van der Waals surface area contributed by atoms with Crippen molar-refractivity contribution in [2.45, 2.75) is 12.8 Å². The van der Waals surface area contributed by atoms with Crippen molar-refractivity contribution in [3.05, 3.63) is 23.8 Å². The average molecular weight is 275 g/mol. The summed E-state index contributed by atoms with van der Waals surface area (Å²) >= 11 is 0. The maximum absolute atomic E-state index is 5.61. The molecule has 2 aliphatic rings. The van der Waals surface area contributed by atoms with Crippen molar-refractivity contribution in [1.82, 2.24) is 10.2 Å². The quantitative estimate of drug-likeness (QED) is 0.902. The molecular formula is C16H25N3O. The summed E-state index contributed by atoms with van der Waals surface area (Å²) in [6.45, 7) is 10.1. The SMILES string of the molecule is CCN1CC(CN2CCNCC2)c2c(OC)cccc21. The van der Waals surface area contributed by atoms with E-state index in [2.05, 4.69) is 40.2 Å². The van der Waals surface area contributed by atoms with Crippen LogP contribution < -0.4 is 15.0 Å². The van der Waals surface area contributed by atoms with Crippen molar-refractivity contribution < 1.29 is 4.74 Å². The molecule has 0 aromatic heterocycles. The number of ether oxygens (including phenoxy) is 1. The van der Waals surface area contributed by atoms with Gasteiger partial charge in [0.15, 0.2) is 0 Å². The molecule has 1 atom stereocenters. The number of benzene rings is 1. The summed E-state index contributed by atoms with van der Waals surface area (Å²) in [5, 5.41) is 3.42. The van der Waals surface area contributed by atoms with Gasteiger partial charge in [-0.2, -0.15) is 0 Å². The summed E-state index contributed by atoms with van der Waals surface area (Å²) < 4.78 is 5.61. The summed E-state index contributed by atoms with van der Waals surface area (Å²) in [6, 6.07) is 6.44. The third kappa shape index (κ3) is 2.50. The summed E-state index contributed by atoms with van der Waals surface area (Å²) in [5.41, 5.74) is 2.78. The van der Waals surface area contributed by atoms with E-state index in [1.165, 1.54) is 11.3 Å². The Labute approximate surface area is 121 Å². The van der Waals surface area contributed by atoms with Gasteiger partial charge in [-0.1, -0.05) is 6.07 Å². The molecule has 110 valence electrons. The highest BCUT2D eigenvalue weighted by atomic mass is 16.5. The first-order valence-corrected chi connectivity index (χ1v) is 7.68. The first-order chi connectivity index (χ1) is 9.83. The number of anilines is 1. The summed E-state index contributed by atoms with van der Waals surface area (Å²) in [6.07, 6.45) is 0. The standard InChI is InChI=1S/C16H25N3O/c1-3-19-12-13(11-18-9-7-17-8-10-18)16-14(19)5-4-6-15(16)20-2/h4-6,13,17H,3,7-12H2,1-2H3. The van der Waals surface area contributed by atoms with Gasteiger partial charge in [-0.25, -0.2) is 0 Å². The van der Waals surface area contributed by atoms with Gasteiger partial charge in [0.1, 0.15) is 5.75 Å². The Morgan fingerprint density at radius 1 is 1.30 bits per heavy atom. The minimum absolute atomic E-state index is 0.569. The summed E-state index contributed by atoms with van der Waals surface area (Å²) in [5.74, 6) is 1.62. The van der Waals surface area contributed by atoms with Gasteiger partial charge in [0.25, 0.3) is 0 Å². The Morgan fingerprint density at radius 3 is 2.80 bits per heavy atom. The largest absolute Gasteiger partial charge is 0.496 e. The van der Waals surface area contributed by atoms with E-state index in [0.717, 1.165) is 51.6 Å². The number of piperazine rings is 1. The molecule has 1 unspecified atom stereocenters. The zero-order valence-electron chi connectivity index (χ0n) is 12.6. The van der Waals surface area contributed by atoms with Crippen LogP contribution in [0.25, 0.3) is 0 Å². The lowest BCUT2D eigenvalue weighted by molar-refractivity contribution is 0.228. The molecule has 4 heteroatoms. The first-order valence-electron chi connectivity index (χ1n) is 7.68. The van der Waals surface area contributed by atoms with Gasteiger partial charge in [-0.05, 0) is 19.1 Å². The predicted molar refractivity (Wildman–Crippen MR) is 82.9 cm³/mol. The molecule has 1 aromatic carbocycles. The van der Waals surface area contributed by atoms with E-state index in [9.17, 15) is 0 Å². The summed E-state index contributed by atoms with van der Waals surface area (Å²) in [7, 11) is 1.78. The molecular weight excluding hydrogens is 250 g/mol. The van der Waals surface area contributed by atoms with Gasteiger partial charge in [-0.15, -0.1) is 0 Å². The van der Waals surface area contributed by atoms with E-state index in [1.807, 2.05) is 0 Å². The number of hydrogen-bond donors (Lipinski definition) is 1. The average Bonchev–Trinajstić information content (AvgIpc) is 2.86. The van der Waals surface area contributed by atoms with E-state index < -0.39 is 0 Å². The van der Waals surface area contributed by atoms with Crippen LogP contribution >= 0.6 is 0 Å². The molecule has 1 N–H and O–H groups in total. The van der Waals surface area contributed by atoms with Crippen LogP contribution in [0.4, 0.5) is 5.69 Å². The molecule has 0 saturated carbocycles. The molecule has 0 spiro atoms. The second-order valence-corrected chi connectivity index (χ2v) is 5.68.